The summed E-state index contributed by atoms with van der Waals surface area (Å²) in [5, 5.41) is 5.62. The molecule has 5 aliphatic rings. The summed E-state index contributed by atoms with van der Waals surface area (Å²) in [4.78, 5) is 28.4. The van der Waals surface area contributed by atoms with E-state index in [2.05, 4.69) is 45.6 Å². The van der Waals surface area contributed by atoms with Crippen LogP contribution in [-0.2, 0) is 15.6 Å². The smallest absolute Gasteiger partial charge is 0.256 e. The van der Waals surface area contributed by atoms with Crippen LogP contribution in [-0.4, -0.2) is 97.8 Å². The molecule has 2 aromatic heterocycles. The second-order valence-corrected chi connectivity index (χ2v) is 16.0. The lowest BCUT2D eigenvalue weighted by Crippen LogP contribution is -2.45. The van der Waals surface area contributed by atoms with Crippen LogP contribution in [0.15, 0.2) is 30.3 Å². The summed E-state index contributed by atoms with van der Waals surface area (Å²) >= 11 is 6.33. The van der Waals surface area contributed by atoms with Gasteiger partial charge in [0.05, 0.1) is 28.7 Å². The van der Waals surface area contributed by atoms with Gasteiger partial charge < -0.3 is 19.6 Å². The summed E-state index contributed by atoms with van der Waals surface area (Å²) in [6.45, 7) is 4.57. The molecule has 5 heterocycles. The van der Waals surface area contributed by atoms with Crippen molar-refractivity contribution in [2.45, 2.75) is 50.1 Å². The first-order valence-corrected chi connectivity index (χ1v) is 17.9. The molecule has 1 unspecified atom stereocenters. The van der Waals surface area contributed by atoms with Gasteiger partial charge >= 0.3 is 0 Å². The number of aromatic nitrogens is 3. The molecule has 3 saturated heterocycles. The number of hydrogen-bond acceptors (Lipinski definition) is 8. The summed E-state index contributed by atoms with van der Waals surface area (Å²) in [6.07, 6.45) is 7.38. The lowest BCUT2D eigenvalue weighted by molar-refractivity contribution is 0.0561. The maximum Gasteiger partial charge on any atom is 0.256 e. The minimum Gasteiger partial charge on any atom is -0.356 e. The van der Waals surface area contributed by atoms with Gasteiger partial charge in [0, 0.05) is 61.3 Å². The molecule has 8 rings (SSSR count). The number of nitrogens with zero attached hydrogens (tertiary/aromatic N) is 7. The third-order valence-electron chi connectivity index (χ3n) is 10.7. The number of piperidine rings is 1. The number of rotatable bonds is 7. The van der Waals surface area contributed by atoms with E-state index >= 15 is 0 Å². The fourth-order valence-corrected chi connectivity index (χ4v) is 8.97. The van der Waals surface area contributed by atoms with Crippen LogP contribution in [0.4, 0.5) is 17.3 Å². The van der Waals surface area contributed by atoms with Crippen LogP contribution in [0.3, 0.4) is 0 Å². The first-order valence-electron chi connectivity index (χ1n) is 15.6. The fourth-order valence-electron chi connectivity index (χ4n) is 8.22. The van der Waals surface area contributed by atoms with Crippen LogP contribution >= 0.6 is 11.6 Å². The fraction of sp³-hybridized carbons (Fsp3) is 0.581. The molecular weight excluding hydrogens is 600 g/mol. The van der Waals surface area contributed by atoms with Gasteiger partial charge in [-0.05, 0) is 76.7 Å². The highest BCUT2D eigenvalue weighted by molar-refractivity contribution is 7.92. The molecule has 2 saturated carbocycles. The van der Waals surface area contributed by atoms with Crippen molar-refractivity contribution >= 4 is 50.5 Å². The van der Waals surface area contributed by atoms with Gasteiger partial charge in [-0.3, -0.25) is 9.52 Å². The topological polar surface area (TPSA) is 106 Å². The van der Waals surface area contributed by atoms with Gasteiger partial charge in [0.15, 0.2) is 5.65 Å². The maximum atomic E-state index is 14.3. The van der Waals surface area contributed by atoms with E-state index < -0.39 is 15.6 Å². The average molecular weight is 639 g/mol. The van der Waals surface area contributed by atoms with Crippen LogP contribution in [0, 0.1) is 11.3 Å². The van der Waals surface area contributed by atoms with Gasteiger partial charge in [-0.15, -0.1) is 0 Å². The number of likely N-dealkylation sites (tertiary alicyclic amines) is 1. The molecule has 1 spiro atoms. The zero-order valence-electron chi connectivity index (χ0n) is 25.5. The molecule has 5 fully saturated rings. The van der Waals surface area contributed by atoms with Gasteiger partial charge in [-0.2, -0.15) is 9.61 Å². The van der Waals surface area contributed by atoms with E-state index in [0.717, 1.165) is 74.7 Å². The third-order valence-corrected chi connectivity index (χ3v) is 11.6. The number of fused-ring (bicyclic) bond motifs is 2. The number of benzene rings is 1. The van der Waals surface area contributed by atoms with E-state index in [1.165, 1.54) is 19.3 Å². The first-order chi connectivity index (χ1) is 21.0. The highest BCUT2D eigenvalue weighted by atomic mass is 35.5. The van der Waals surface area contributed by atoms with E-state index in [4.69, 9.17) is 21.7 Å². The SMILES string of the molecule is CN(C)[C@@H]1C[C@@]12CCN(c1cc(N3CCC3)nc3cc(C45C[C@@H]4CCCN5C(=O)c4cc(Cl)ccc4NS(C)(=O)=O)nn13)C2. The number of amides is 1. The second kappa shape index (κ2) is 9.70. The number of carbonyl (C=O) groups is 1. The van der Waals surface area contributed by atoms with Gasteiger partial charge in [0.2, 0.25) is 10.0 Å². The maximum absolute atomic E-state index is 14.3. The number of carbonyl (C=O) groups excluding carboxylic acids is 1. The Morgan fingerprint density at radius 2 is 1.89 bits per heavy atom. The summed E-state index contributed by atoms with van der Waals surface area (Å²) < 4.78 is 28.8. The molecule has 2 aliphatic carbocycles. The standard InChI is InChI=1S/C31H39ClN8O3S/c1-36(2)25-18-30(25)9-13-38(19-30)28-16-26(37-10-5-11-37)33-27-15-24(34-40(27)28)31-17-20(31)6-4-12-39(31)29(41)22-14-21(32)7-8-23(22)35-44(3,42)43/h7-8,14-16,20,25,35H,4-6,9-13,17-19H2,1-3H3/t20-,25+,30+,31?/m0/s1. The van der Waals surface area contributed by atoms with Gasteiger partial charge in [-0.1, -0.05) is 11.6 Å². The molecule has 1 amide bonds. The van der Waals surface area contributed by atoms with Crippen molar-refractivity contribution in [1.29, 1.82) is 0 Å². The molecule has 3 aliphatic heterocycles. The molecule has 4 atom stereocenters. The average Bonchev–Trinajstić information content (AvgIpc) is 3.73. The van der Waals surface area contributed by atoms with Crippen LogP contribution in [0.2, 0.25) is 5.02 Å². The van der Waals surface area contributed by atoms with Crippen LogP contribution < -0.4 is 14.5 Å². The molecule has 13 heteroatoms. The summed E-state index contributed by atoms with van der Waals surface area (Å²) in [5.74, 6) is 2.11. The predicted octanol–water partition coefficient (Wildman–Crippen LogP) is 3.65. The Morgan fingerprint density at radius 1 is 1.07 bits per heavy atom. The Balaban J connectivity index is 1.18. The van der Waals surface area contributed by atoms with Crippen molar-refractivity contribution in [2.75, 3.05) is 67.6 Å². The van der Waals surface area contributed by atoms with Crippen LogP contribution in [0.1, 0.15) is 54.6 Å². The Kier molecular flexibility index (Phi) is 6.26. The van der Waals surface area contributed by atoms with Crippen molar-refractivity contribution in [3.63, 3.8) is 0 Å². The van der Waals surface area contributed by atoms with Gasteiger partial charge in [0.25, 0.3) is 5.91 Å². The second-order valence-electron chi connectivity index (χ2n) is 13.8. The first kappa shape index (κ1) is 28.4. The Morgan fingerprint density at radius 3 is 2.59 bits per heavy atom. The molecule has 1 aromatic carbocycles. The zero-order valence-corrected chi connectivity index (χ0v) is 27.0. The Hall–Kier alpha value is -3.09. The van der Waals surface area contributed by atoms with Crippen molar-refractivity contribution in [1.82, 2.24) is 24.4 Å². The molecular formula is C31H39ClN8O3S. The van der Waals surface area contributed by atoms with Crippen molar-refractivity contribution in [2.24, 2.45) is 11.3 Å². The zero-order chi connectivity index (χ0) is 30.6. The number of anilines is 3. The Labute approximate surface area is 263 Å². The molecule has 0 radical (unpaired) electrons. The van der Waals surface area contributed by atoms with Crippen molar-refractivity contribution in [3.05, 3.63) is 46.6 Å². The van der Waals surface area contributed by atoms with E-state index in [0.29, 0.717) is 23.0 Å². The normalized spacial score (nSPS) is 29.3. The predicted molar refractivity (Wildman–Crippen MR) is 171 cm³/mol. The summed E-state index contributed by atoms with van der Waals surface area (Å²) in [5.41, 5.74) is 1.93. The van der Waals surface area contributed by atoms with Gasteiger partial charge in [0.1, 0.15) is 11.6 Å². The van der Waals surface area contributed by atoms with Crippen LogP contribution in [0.5, 0.6) is 0 Å². The summed E-state index contributed by atoms with van der Waals surface area (Å²) in [6, 6.07) is 9.61. The van der Waals surface area contributed by atoms with E-state index in [-0.39, 0.29) is 23.1 Å². The minimum absolute atomic E-state index is 0.233. The lowest BCUT2D eigenvalue weighted by Gasteiger charge is -2.36. The van der Waals surface area contributed by atoms with Crippen molar-refractivity contribution in [3.8, 4) is 0 Å². The monoisotopic (exact) mass is 638 g/mol. The molecule has 1 N–H and O–H groups in total. The number of halogens is 1. The van der Waals surface area contributed by atoms with E-state index in [1.54, 1.807) is 18.2 Å². The molecule has 11 nitrogen and oxygen atoms in total. The van der Waals surface area contributed by atoms with Gasteiger partial charge in [-0.25, -0.2) is 13.4 Å². The molecule has 44 heavy (non-hydrogen) atoms. The minimum atomic E-state index is -3.60. The van der Waals surface area contributed by atoms with Crippen molar-refractivity contribution < 1.29 is 13.2 Å². The highest BCUT2D eigenvalue weighted by Crippen LogP contribution is 2.61. The number of sulfonamides is 1. The van der Waals surface area contributed by atoms with Crippen LogP contribution in [0.25, 0.3) is 5.65 Å². The van der Waals surface area contributed by atoms with E-state index in [9.17, 15) is 13.2 Å². The number of hydrogen-bond donors (Lipinski definition) is 1. The summed E-state index contributed by atoms with van der Waals surface area (Å²) in [7, 11) is 0.765. The number of nitrogens with one attached hydrogen (secondary N) is 1. The highest BCUT2D eigenvalue weighted by Gasteiger charge is 2.64. The third kappa shape index (κ3) is 4.47. The molecule has 0 bridgehead atoms. The Bertz CT molecular complexity index is 1790. The lowest BCUT2D eigenvalue weighted by atomic mass is 9.97. The quantitative estimate of drug-likeness (QED) is 0.418. The molecule has 3 aromatic rings. The largest absolute Gasteiger partial charge is 0.356 e. The van der Waals surface area contributed by atoms with E-state index in [1.807, 2.05) is 9.42 Å². The molecule has 234 valence electrons.